The van der Waals surface area contributed by atoms with Crippen molar-refractivity contribution >= 4 is 12.6 Å². The van der Waals surface area contributed by atoms with E-state index in [1.54, 1.807) is 7.11 Å². The maximum Gasteiger partial charge on any atom is 0.121 e. The van der Waals surface area contributed by atoms with Gasteiger partial charge in [-0.2, -0.15) is 12.6 Å². The molecule has 0 aliphatic heterocycles. The van der Waals surface area contributed by atoms with Crippen molar-refractivity contribution in [1.82, 2.24) is 4.90 Å². The third-order valence-electron chi connectivity index (χ3n) is 2.61. The van der Waals surface area contributed by atoms with Gasteiger partial charge in [0.1, 0.15) is 5.75 Å². The van der Waals surface area contributed by atoms with Crippen LogP contribution in [-0.4, -0.2) is 31.4 Å². The number of rotatable bonds is 6. The number of methoxy groups -OCH3 is 1. The normalized spacial score (nSPS) is 10.8. The van der Waals surface area contributed by atoms with Gasteiger partial charge in [0.25, 0.3) is 0 Å². The van der Waals surface area contributed by atoms with Gasteiger partial charge in [-0.25, -0.2) is 0 Å². The molecule has 0 saturated heterocycles. The van der Waals surface area contributed by atoms with E-state index in [0.29, 0.717) is 0 Å². The summed E-state index contributed by atoms with van der Waals surface area (Å²) in [6.45, 7) is 4.16. The molecule has 0 bridgehead atoms. The van der Waals surface area contributed by atoms with Crippen molar-refractivity contribution in [2.45, 2.75) is 19.9 Å². The fraction of sp³-hybridized carbons (Fsp3) is 0.538. The molecular weight excluding hydrogens is 218 g/mol. The summed E-state index contributed by atoms with van der Waals surface area (Å²) in [5, 5.41) is 0. The van der Waals surface area contributed by atoms with Crippen molar-refractivity contribution in [2.75, 3.05) is 26.5 Å². The summed E-state index contributed by atoms with van der Waals surface area (Å²) in [6, 6.07) is 6.36. The van der Waals surface area contributed by atoms with Crippen LogP contribution < -0.4 is 4.74 Å². The van der Waals surface area contributed by atoms with Crippen LogP contribution in [0.5, 0.6) is 5.75 Å². The van der Waals surface area contributed by atoms with E-state index in [-0.39, 0.29) is 0 Å². The average Bonchev–Trinajstić information content (AvgIpc) is 2.26. The van der Waals surface area contributed by atoms with Crippen molar-refractivity contribution in [3.05, 3.63) is 29.3 Å². The Morgan fingerprint density at radius 1 is 1.38 bits per heavy atom. The molecule has 0 saturated carbocycles. The molecule has 1 rings (SSSR count). The lowest BCUT2D eigenvalue weighted by Gasteiger charge is -2.16. The molecule has 2 nitrogen and oxygen atoms in total. The number of ether oxygens (including phenoxy) is 1. The van der Waals surface area contributed by atoms with E-state index >= 15 is 0 Å². The lowest BCUT2D eigenvalue weighted by molar-refractivity contribution is 0.328. The largest absolute Gasteiger partial charge is 0.496 e. The third kappa shape index (κ3) is 4.06. The summed E-state index contributed by atoms with van der Waals surface area (Å²) in [5.74, 6) is 1.91. The van der Waals surface area contributed by atoms with E-state index in [4.69, 9.17) is 4.74 Å². The van der Waals surface area contributed by atoms with Gasteiger partial charge in [-0.15, -0.1) is 0 Å². The van der Waals surface area contributed by atoms with E-state index in [1.807, 2.05) is 6.07 Å². The van der Waals surface area contributed by atoms with Crippen molar-refractivity contribution in [3.63, 3.8) is 0 Å². The van der Waals surface area contributed by atoms with Crippen molar-refractivity contribution in [3.8, 4) is 5.75 Å². The number of hydrogen-bond donors (Lipinski definition) is 1. The number of aryl methyl sites for hydroxylation is 1. The highest BCUT2D eigenvalue weighted by Gasteiger charge is 2.03. The van der Waals surface area contributed by atoms with Crippen LogP contribution in [0.15, 0.2) is 18.2 Å². The van der Waals surface area contributed by atoms with Gasteiger partial charge in [-0.1, -0.05) is 12.1 Å². The van der Waals surface area contributed by atoms with Crippen molar-refractivity contribution < 1.29 is 4.74 Å². The second-order valence-electron chi connectivity index (χ2n) is 4.12. The van der Waals surface area contributed by atoms with E-state index in [2.05, 4.69) is 43.6 Å². The summed E-state index contributed by atoms with van der Waals surface area (Å²) in [4.78, 5) is 2.32. The first kappa shape index (κ1) is 13.4. The molecule has 0 radical (unpaired) electrons. The lowest BCUT2D eigenvalue weighted by atomic mass is 10.1. The first-order valence-electron chi connectivity index (χ1n) is 5.60. The summed E-state index contributed by atoms with van der Waals surface area (Å²) >= 11 is 4.22. The molecule has 0 fully saturated rings. The predicted octanol–water partition coefficient (Wildman–Crippen LogP) is 2.76. The topological polar surface area (TPSA) is 12.5 Å². The highest BCUT2D eigenvalue weighted by atomic mass is 32.1. The molecule has 0 atom stereocenters. The quantitative estimate of drug-likeness (QED) is 0.766. The van der Waals surface area contributed by atoms with Gasteiger partial charge >= 0.3 is 0 Å². The minimum absolute atomic E-state index is 0.950. The summed E-state index contributed by atoms with van der Waals surface area (Å²) < 4.78 is 5.25. The molecule has 0 unspecified atom stereocenters. The summed E-state index contributed by atoms with van der Waals surface area (Å²) in [7, 11) is 3.85. The Morgan fingerprint density at radius 2 is 2.12 bits per heavy atom. The first-order valence-corrected chi connectivity index (χ1v) is 6.23. The molecule has 0 aromatic heterocycles. The molecule has 0 amide bonds. The van der Waals surface area contributed by atoms with Gasteiger partial charge in [-0.3, -0.25) is 0 Å². The molecule has 16 heavy (non-hydrogen) atoms. The van der Waals surface area contributed by atoms with Crippen LogP contribution >= 0.6 is 12.6 Å². The zero-order valence-corrected chi connectivity index (χ0v) is 11.3. The molecule has 0 N–H and O–H groups in total. The van der Waals surface area contributed by atoms with Gasteiger partial charge in [0.2, 0.25) is 0 Å². The van der Waals surface area contributed by atoms with Crippen LogP contribution in [0, 0.1) is 6.92 Å². The molecule has 0 spiro atoms. The second-order valence-corrected chi connectivity index (χ2v) is 4.57. The highest BCUT2D eigenvalue weighted by molar-refractivity contribution is 7.80. The number of nitrogens with zero attached hydrogens (tertiary/aromatic N) is 1. The van der Waals surface area contributed by atoms with Gasteiger partial charge in [0, 0.05) is 6.54 Å². The zero-order chi connectivity index (χ0) is 12.0. The Bertz CT molecular complexity index is 328. The van der Waals surface area contributed by atoms with Crippen LogP contribution in [0.25, 0.3) is 0 Å². The van der Waals surface area contributed by atoms with E-state index < -0.39 is 0 Å². The van der Waals surface area contributed by atoms with Crippen LogP contribution in [0.3, 0.4) is 0 Å². The Hall–Kier alpha value is -0.670. The standard InChI is InChI=1S/C13H21NOS/c1-11-9-12(5-6-13(11)15-3)10-14(2)7-4-8-16/h5-6,9,16H,4,7-8,10H2,1-3H3. The van der Waals surface area contributed by atoms with Crippen LogP contribution in [0.4, 0.5) is 0 Å². The monoisotopic (exact) mass is 239 g/mol. The minimum Gasteiger partial charge on any atom is -0.496 e. The van der Waals surface area contributed by atoms with E-state index in [1.165, 1.54) is 11.1 Å². The summed E-state index contributed by atoms with van der Waals surface area (Å²) in [5.41, 5.74) is 2.53. The Morgan fingerprint density at radius 3 is 2.69 bits per heavy atom. The zero-order valence-electron chi connectivity index (χ0n) is 10.4. The van der Waals surface area contributed by atoms with Crippen LogP contribution in [0.2, 0.25) is 0 Å². The second kappa shape index (κ2) is 6.81. The van der Waals surface area contributed by atoms with Gasteiger partial charge < -0.3 is 9.64 Å². The Kier molecular flexibility index (Phi) is 5.71. The number of hydrogen-bond acceptors (Lipinski definition) is 3. The lowest BCUT2D eigenvalue weighted by Crippen LogP contribution is -2.19. The smallest absolute Gasteiger partial charge is 0.121 e. The molecule has 3 heteroatoms. The van der Waals surface area contributed by atoms with Crippen LogP contribution in [-0.2, 0) is 6.54 Å². The SMILES string of the molecule is COc1ccc(CN(C)CCCS)cc1C. The van der Waals surface area contributed by atoms with E-state index in [9.17, 15) is 0 Å². The van der Waals surface area contributed by atoms with Gasteiger partial charge in [-0.05, 0) is 49.9 Å². The Balaban J connectivity index is 2.57. The Labute approximate surface area is 104 Å². The molecule has 0 aliphatic rings. The fourth-order valence-corrected chi connectivity index (χ4v) is 1.91. The van der Waals surface area contributed by atoms with Gasteiger partial charge in [0.15, 0.2) is 0 Å². The third-order valence-corrected chi connectivity index (χ3v) is 2.93. The van der Waals surface area contributed by atoms with E-state index in [0.717, 1.165) is 31.0 Å². The van der Waals surface area contributed by atoms with Crippen molar-refractivity contribution in [2.24, 2.45) is 0 Å². The first-order chi connectivity index (χ1) is 7.67. The van der Waals surface area contributed by atoms with Crippen molar-refractivity contribution in [1.29, 1.82) is 0 Å². The molecule has 0 heterocycles. The molecular formula is C13H21NOS. The molecule has 1 aromatic carbocycles. The molecule has 90 valence electrons. The summed E-state index contributed by atoms with van der Waals surface area (Å²) in [6.07, 6.45) is 1.13. The predicted molar refractivity (Wildman–Crippen MR) is 72.5 cm³/mol. The number of benzene rings is 1. The maximum atomic E-state index is 5.25. The molecule has 0 aliphatic carbocycles. The minimum atomic E-state index is 0.950. The van der Waals surface area contributed by atoms with Crippen LogP contribution in [0.1, 0.15) is 17.5 Å². The fourth-order valence-electron chi connectivity index (χ4n) is 1.77. The average molecular weight is 239 g/mol. The highest BCUT2D eigenvalue weighted by Crippen LogP contribution is 2.19. The molecule has 1 aromatic rings. The number of thiol groups is 1. The van der Waals surface area contributed by atoms with Gasteiger partial charge in [0.05, 0.1) is 7.11 Å². The maximum absolute atomic E-state index is 5.25.